The summed E-state index contributed by atoms with van der Waals surface area (Å²) in [5.41, 5.74) is 0. The van der Waals surface area contributed by atoms with E-state index >= 15 is 0 Å². The molecule has 1 saturated heterocycles. The van der Waals surface area contributed by atoms with Crippen LogP contribution in [0, 0.1) is 5.92 Å². The van der Waals surface area contributed by atoms with Gasteiger partial charge in [0.1, 0.15) is 6.23 Å². The summed E-state index contributed by atoms with van der Waals surface area (Å²) >= 11 is 0. The van der Waals surface area contributed by atoms with Gasteiger partial charge in [-0.15, -0.1) is 0 Å². The maximum atomic E-state index is 5.39. The molecule has 0 aromatic rings. The van der Waals surface area contributed by atoms with Crippen LogP contribution in [0.3, 0.4) is 0 Å². The zero-order valence-electron chi connectivity index (χ0n) is 6.18. The summed E-state index contributed by atoms with van der Waals surface area (Å²) in [5, 5.41) is 3.11. The van der Waals surface area contributed by atoms with Crippen LogP contribution >= 0.6 is 0 Å². The van der Waals surface area contributed by atoms with E-state index in [4.69, 9.17) is 4.74 Å². The predicted octanol–water partition coefficient (Wildman–Crippen LogP) is 0.978. The first kappa shape index (κ1) is 7.03. The molecule has 2 atom stereocenters. The molecule has 0 aromatic heterocycles. The van der Waals surface area contributed by atoms with E-state index in [-0.39, 0.29) is 0 Å². The van der Waals surface area contributed by atoms with Crippen LogP contribution in [0.5, 0.6) is 0 Å². The lowest BCUT2D eigenvalue weighted by atomic mass is 10.0. The Hall–Kier alpha value is -0.0800. The topological polar surface area (TPSA) is 21.3 Å². The molecule has 54 valence electrons. The van der Waals surface area contributed by atoms with Crippen LogP contribution in [0.25, 0.3) is 0 Å². The molecule has 1 rings (SSSR count). The maximum Gasteiger partial charge on any atom is 0.108 e. The summed E-state index contributed by atoms with van der Waals surface area (Å²) in [5.74, 6) is 0.830. The Labute approximate surface area is 56.6 Å². The number of rotatable bonds is 1. The first-order valence-electron chi connectivity index (χ1n) is 3.62. The van der Waals surface area contributed by atoms with Gasteiger partial charge in [0.15, 0.2) is 0 Å². The fraction of sp³-hybridized carbons (Fsp3) is 1.00. The van der Waals surface area contributed by atoms with Gasteiger partial charge in [0.2, 0.25) is 0 Å². The maximum absolute atomic E-state index is 5.39. The normalized spacial score (nSPS) is 36.7. The van der Waals surface area contributed by atoms with Gasteiger partial charge in [-0.1, -0.05) is 6.92 Å². The standard InChI is InChI=1S/C7H15NO/c1-6-3-4-9-7(5-6)8-2/h6-8H,3-5H2,1-2H3/t6-,7+/m0/s1. The third-order valence-electron chi connectivity index (χ3n) is 1.87. The van der Waals surface area contributed by atoms with Crippen molar-refractivity contribution in [3.63, 3.8) is 0 Å². The van der Waals surface area contributed by atoms with Crippen LogP contribution in [0.4, 0.5) is 0 Å². The first-order valence-corrected chi connectivity index (χ1v) is 3.62. The Bertz CT molecular complexity index is 85.0. The number of hydrogen-bond donors (Lipinski definition) is 1. The summed E-state index contributed by atoms with van der Waals surface area (Å²) in [7, 11) is 1.95. The number of ether oxygens (including phenoxy) is 1. The van der Waals surface area contributed by atoms with Crippen molar-refractivity contribution in [1.82, 2.24) is 5.32 Å². The highest BCUT2D eigenvalue weighted by Gasteiger charge is 2.16. The molecule has 2 nitrogen and oxygen atoms in total. The average molecular weight is 129 g/mol. The minimum atomic E-state index is 0.314. The second kappa shape index (κ2) is 3.18. The van der Waals surface area contributed by atoms with Crippen molar-refractivity contribution in [2.75, 3.05) is 13.7 Å². The van der Waals surface area contributed by atoms with Crippen LogP contribution < -0.4 is 5.32 Å². The Morgan fingerprint density at radius 1 is 1.56 bits per heavy atom. The van der Waals surface area contributed by atoms with Crippen molar-refractivity contribution in [2.24, 2.45) is 5.92 Å². The quantitative estimate of drug-likeness (QED) is 0.570. The Kier molecular flexibility index (Phi) is 2.49. The Balaban J connectivity index is 2.23. The lowest BCUT2D eigenvalue weighted by Crippen LogP contribution is -2.34. The summed E-state index contributed by atoms with van der Waals surface area (Å²) in [6, 6.07) is 0. The molecule has 0 saturated carbocycles. The van der Waals surface area contributed by atoms with Crippen LogP contribution in [0.2, 0.25) is 0 Å². The molecular weight excluding hydrogens is 114 g/mol. The molecule has 2 heteroatoms. The lowest BCUT2D eigenvalue weighted by molar-refractivity contribution is -0.0201. The smallest absolute Gasteiger partial charge is 0.108 e. The number of hydrogen-bond acceptors (Lipinski definition) is 2. The van der Waals surface area contributed by atoms with Gasteiger partial charge in [0.25, 0.3) is 0 Å². The second-order valence-electron chi connectivity index (χ2n) is 2.78. The summed E-state index contributed by atoms with van der Waals surface area (Å²) < 4.78 is 5.39. The van der Waals surface area contributed by atoms with Crippen molar-refractivity contribution in [3.8, 4) is 0 Å². The van der Waals surface area contributed by atoms with E-state index < -0.39 is 0 Å². The summed E-state index contributed by atoms with van der Waals surface area (Å²) in [6.45, 7) is 3.19. The molecule has 0 amide bonds. The van der Waals surface area contributed by atoms with Gasteiger partial charge >= 0.3 is 0 Å². The van der Waals surface area contributed by atoms with E-state index in [0.29, 0.717) is 6.23 Å². The molecule has 9 heavy (non-hydrogen) atoms. The van der Waals surface area contributed by atoms with E-state index in [0.717, 1.165) is 18.9 Å². The van der Waals surface area contributed by atoms with Gasteiger partial charge in [0.05, 0.1) is 0 Å². The summed E-state index contributed by atoms with van der Waals surface area (Å²) in [4.78, 5) is 0. The molecule has 1 aliphatic heterocycles. The molecule has 1 N–H and O–H groups in total. The SMILES string of the molecule is CN[C@H]1C[C@@H](C)CCO1. The Morgan fingerprint density at radius 2 is 2.33 bits per heavy atom. The van der Waals surface area contributed by atoms with Crippen LogP contribution in [0.1, 0.15) is 19.8 Å². The van der Waals surface area contributed by atoms with Crippen molar-refractivity contribution < 1.29 is 4.74 Å². The van der Waals surface area contributed by atoms with Crippen LogP contribution in [0.15, 0.2) is 0 Å². The molecular formula is C7H15NO. The molecule has 1 heterocycles. The minimum Gasteiger partial charge on any atom is -0.363 e. The van der Waals surface area contributed by atoms with Crippen molar-refractivity contribution >= 4 is 0 Å². The van der Waals surface area contributed by atoms with Crippen molar-refractivity contribution in [1.29, 1.82) is 0 Å². The molecule has 1 fully saturated rings. The van der Waals surface area contributed by atoms with Crippen molar-refractivity contribution in [3.05, 3.63) is 0 Å². The zero-order valence-corrected chi connectivity index (χ0v) is 6.18. The van der Waals surface area contributed by atoms with Gasteiger partial charge in [0, 0.05) is 6.61 Å². The highest BCUT2D eigenvalue weighted by molar-refractivity contribution is 4.64. The molecule has 0 aromatic carbocycles. The molecule has 0 bridgehead atoms. The minimum absolute atomic E-state index is 0.314. The van der Waals surface area contributed by atoms with E-state index in [1.54, 1.807) is 0 Å². The zero-order chi connectivity index (χ0) is 6.69. The lowest BCUT2D eigenvalue weighted by Gasteiger charge is -2.26. The first-order chi connectivity index (χ1) is 4.33. The second-order valence-corrected chi connectivity index (χ2v) is 2.78. The fourth-order valence-corrected chi connectivity index (χ4v) is 1.16. The highest BCUT2D eigenvalue weighted by Crippen LogP contribution is 2.16. The number of nitrogens with one attached hydrogen (secondary N) is 1. The van der Waals surface area contributed by atoms with Gasteiger partial charge in [-0.25, -0.2) is 0 Å². The molecule has 1 aliphatic rings. The van der Waals surface area contributed by atoms with E-state index in [1.165, 1.54) is 6.42 Å². The van der Waals surface area contributed by atoms with Crippen molar-refractivity contribution in [2.45, 2.75) is 26.0 Å². The van der Waals surface area contributed by atoms with Gasteiger partial charge in [-0.05, 0) is 25.8 Å². The monoisotopic (exact) mass is 129 g/mol. The van der Waals surface area contributed by atoms with Gasteiger partial charge in [-0.2, -0.15) is 0 Å². The molecule has 0 aliphatic carbocycles. The molecule has 0 spiro atoms. The van der Waals surface area contributed by atoms with E-state index in [9.17, 15) is 0 Å². The average Bonchev–Trinajstić information content (AvgIpc) is 1.88. The van der Waals surface area contributed by atoms with Gasteiger partial charge in [-0.3, -0.25) is 5.32 Å². The van der Waals surface area contributed by atoms with Crippen LogP contribution in [-0.4, -0.2) is 19.9 Å². The molecule has 0 radical (unpaired) electrons. The van der Waals surface area contributed by atoms with E-state index in [1.807, 2.05) is 7.05 Å². The van der Waals surface area contributed by atoms with Crippen LogP contribution in [-0.2, 0) is 4.74 Å². The summed E-state index contributed by atoms with van der Waals surface area (Å²) in [6.07, 6.45) is 2.70. The molecule has 0 unspecified atom stereocenters. The fourth-order valence-electron chi connectivity index (χ4n) is 1.16. The Morgan fingerprint density at radius 3 is 2.78 bits per heavy atom. The van der Waals surface area contributed by atoms with E-state index in [2.05, 4.69) is 12.2 Å². The largest absolute Gasteiger partial charge is 0.363 e. The van der Waals surface area contributed by atoms with Gasteiger partial charge < -0.3 is 4.74 Å². The predicted molar refractivity (Wildman–Crippen MR) is 37.2 cm³/mol. The third-order valence-corrected chi connectivity index (χ3v) is 1.87. The highest BCUT2D eigenvalue weighted by atomic mass is 16.5. The third kappa shape index (κ3) is 1.95.